The number of aliphatic hydroxyl groups is 1. The van der Waals surface area contributed by atoms with Gasteiger partial charge in [0.25, 0.3) is 0 Å². The number of guanidine groups is 1. The van der Waals surface area contributed by atoms with Crippen LogP contribution < -0.4 is 5.32 Å². The third-order valence-corrected chi connectivity index (χ3v) is 5.59. The van der Waals surface area contributed by atoms with Crippen LogP contribution in [0.3, 0.4) is 0 Å². The molecule has 152 valence electrons. The lowest BCUT2D eigenvalue weighted by atomic mass is 9.73. The number of hydrogen-bond donors (Lipinski definition) is 2. The number of piperazine rings is 1. The molecule has 1 aliphatic carbocycles. The SMILES string of the molecule is CCNC(=NCC1(C)CCCCC1O)N1CCN(C(=O)C(C)C)CC1.I. The Bertz CT molecular complexity index is 478. The maximum absolute atomic E-state index is 12.1. The van der Waals surface area contributed by atoms with Gasteiger partial charge in [-0.05, 0) is 19.8 Å². The van der Waals surface area contributed by atoms with E-state index in [-0.39, 0.29) is 47.3 Å². The fraction of sp³-hybridized carbons (Fsp3) is 0.895. The zero-order valence-corrected chi connectivity index (χ0v) is 19.2. The largest absolute Gasteiger partial charge is 0.392 e. The topological polar surface area (TPSA) is 68.2 Å². The first kappa shape index (κ1) is 23.5. The summed E-state index contributed by atoms with van der Waals surface area (Å²) in [6.45, 7) is 12.7. The Balaban J connectivity index is 0.00000338. The quantitative estimate of drug-likeness (QED) is 0.368. The van der Waals surface area contributed by atoms with Crippen LogP contribution >= 0.6 is 24.0 Å². The normalized spacial score (nSPS) is 27.3. The average molecular weight is 480 g/mol. The maximum atomic E-state index is 12.1. The molecule has 2 unspecified atom stereocenters. The van der Waals surface area contributed by atoms with Crippen LogP contribution in [0.15, 0.2) is 4.99 Å². The van der Waals surface area contributed by atoms with Gasteiger partial charge >= 0.3 is 0 Å². The molecule has 0 aromatic carbocycles. The molecule has 2 aliphatic rings. The number of amides is 1. The summed E-state index contributed by atoms with van der Waals surface area (Å²) in [6.07, 6.45) is 3.96. The molecule has 7 heteroatoms. The summed E-state index contributed by atoms with van der Waals surface area (Å²) >= 11 is 0. The summed E-state index contributed by atoms with van der Waals surface area (Å²) in [5.74, 6) is 1.21. The van der Waals surface area contributed by atoms with Gasteiger partial charge in [-0.2, -0.15) is 0 Å². The Morgan fingerprint density at radius 3 is 2.38 bits per heavy atom. The van der Waals surface area contributed by atoms with Crippen molar-refractivity contribution >= 4 is 35.8 Å². The van der Waals surface area contributed by atoms with E-state index in [1.54, 1.807) is 0 Å². The third kappa shape index (κ3) is 5.97. The molecule has 2 atom stereocenters. The van der Waals surface area contributed by atoms with E-state index in [9.17, 15) is 9.90 Å². The van der Waals surface area contributed by atoms with Crippen molar-refractivity contribution in [2.75, 3.05) is 39.3 Å². The maximum Gasteiger partial charge on any atom is 0.225 e. The summed E-state index contributed by atoms with van der Waals surface area (Å²) in [5.41, 5.74) is -0.117. The zero-order chi connectivity index (χ0) is 18.4. The van der Waals surface area contributed by atoms with Crippen LogP contribution in [-0.4, -0.2) is 72.1 Å². The Morgan fingerprint density at radius 1 is 1.23 bits per heavy atom. The fourth-order valence-electron chi connectivity index (χ4n) is 3.75. The van der Waals surface area contributed by atoms with E-state index in [1.165, 1.54) is 6.42 Å². The van der Waals surface area contributed by atoms with E-state index < -0.39 is 0 Å². The fourth-order valence-corrected chi connectivity index (χ4v) is 3.75. The minimum absolute atomic E-state index is 0. The summed E-state index contributed by atoms with van der Waals surface area (Å²) in [6, 6.07) is 0. The molecule has 0 aromatic rings. The second kappa shape index (κ2) is 10.7. The van der Waals surface area contributed by atoms with Crippen LogP contribution in [0.5, 0.6) is 0 Å². The van der Waals surface area contributed by atoms with E-state index in [1.807, 2.05) is 18.7 Å². The highest BCUT2D eigenvalue weighted by Gasteiger charge is 2.35. The Hall–Kier alpha value is -0.570. The molecule has 0 spiro atoms. The molecule has 0 radical (unpaired) electrons. The predicted molar refractivity (Wildman–Crippen MR) is 117 cm³/mol. The summed E-state index contributed by atoms with van der Waals surface area (Å²) in [7, 11) is 0. The van der Waals surface area contributed by atoms with Crippen molar-refractivity contribution in [3.8, 4) is 0 Å². The van der Waals surface area contributed by atoms with Gasteiger partial charge in [0.05, 0.1) is 12.6 Å². The summed E-state index contributed by atoms with van der Waals surface area (Å²) < 4.78 is 0. The highest BCUT2D eigenvalue weighted by molar-refractivity contribution is 14.0. The van der Waals surface area contributed by atoms with Crippen LogP contribution in [0.4, 0.5) is 0 Å². The second-order valence-corrected chi connectivity index (χ2v) is 8.05. The molecular weight excluding hydrogens is 443 g/mol. The summed E-state index contributed by atoms with van der Waals surface area (Å²) in [5, 5.41) is 13.8. The smallest absolute Gasteiger partial charge is 0.225 e. The van der Waals surface area contributed by atoms with Gasteiger partial charge in [-0.3, -0.25) is 9.79 Å². The lowest BCUT2D eigenvalue weighted by molar-refractivity contribution is -0.135. The van der Waals surface area contributed by atoms with E-state index in [0.29, 0.717) is 6.54 Å². The number of nitrogens with one attached hydrogen (secondary N) is 1. The molecule has 0 aromatic heterocycles. The number of hydrogen-bond acceptors (Lipinski definition) is 3. The highest BCUT2D eigenvalue weighted by Crippen LogP contribution is 2.36. The van der Waals surface area contributed by atoms with Crippen molar-refractivity contribution in [2.45, 2.75) is 59.5 Å². The lowest BCUT2D eigenvalue weighted by Crippen LogP contribution is -2.54. The van der Waals surface area contributed by atoms with E-state index in [0.717, 1.165) is 57.9 Å². The average Bonchev–Trinajstić information content (AvgIpc) is 2.61. The van der Waals surface area contributed by atoms with E-state index >= 15 is 0 Å². The predicted octanol–water partition coefficient (Wildman–Crippen LogP) is 2.31. The molecular formula is C19H37IN4O2. The number of nitrogens with zero attached hydrogens (tertiary/aromatic N) is 3. The summed E-state index contributed by atoms with van der Waals surface area (Å²) in [4.78, 5) is 21.2. The third-order valence-electron chi connectivity index (χ3n) is 5.59. The van der Waals surface area contributed by atoms with Crippen LogP contribution in [0.1, 0.15) is 53.4 Å². The van der Waals surface area contributed by atoms with E-state index in [4.69, 9.17) is 4.99 Å². The molecule has 0 bridgehead atoms. The first-order valence-corrected chi connectivity index (χ1v) is 9.87. The zero-order valence-electron chi connectivity index (χ0n) is 16.8. The van der Waals surface area contributed by atoms with Gasteiger partial charge in [0, 0.05) is 44.1 Å². The first-order valence-electron chi connectivity index (χ1n) is 9.87. The minimum Gasteiger partial charge on any atom is -0.392 e. The van der Waals surface area contributed by atoms with Gasteiger partial charge < -0.3 is 20.2 Å². The molecule has 2 fully saturated rings. The van der Waals surface area contributed by atoms with Crippen molar-refractivity contribution in [3.63, 3.8) is 0 Å². The standard InChI is InChI=1S/C19H36N4O2.HI/c1-5-20-18(21-14-19(4)9-7-6-8-16(19)24)23-12-10-22(11-13-23)17(25)15(2)3;/h15-16,24H,5-14H2,1-4H3,(H,20,21);1H. The van der Waals surface area contributed by atoms with Gasteiger partial charge in [-0.15, -0.1) is 24.0 Å². The van der Waals surface area contributed by atoms with Gasteiger partial charge in [-0.25, -0.2) is 0 Å². The van der Waals surface area contributed by atoms with Crippen LogP contribution in [0, 0.1) is 11.3 Å². The molecule has 1 saturated heterocycles. The van der Waals surface area contributed by atoms with Gasteiger partial charge in [-0.1, -0.05) is 33.6 Å². The minimum atomic E-state index is -0.256. The molecule has 1 aliphatic heterocycles. The van der Waals surface area contributed by atoms with Crippen molar-refractivity contribution in [2.24, 2.45) is 16.3 Å². The monoisotopic (exact) mass is 480 g/mol. The number of carbonyl (C=O) groups excluding carboxylic acids is 1. The number of carbonyl (C=O) groups is 1. The lowest BCUT2D eigenvalue weighted by Gasteiger charge is -2.39. The Morgan fingerprint density at radius 2 is 1.85 bits per heavy atom. The Labute approximate surface area is 175 Å². The molecule has 1 saturated carbocycles. The van der Waals surface area contributed by atoms with Crippen LogP contribution in [0.2, 0.25) is 0 Å². The van der Waals surface area contributed by atoms with Crippen LogP contribution in [0.25, 0.3) is 0 Å². The van der Waals surface area contributed by atoms with Gasteiger partial charge in [0.1, 0.15) is 0 Å². The first-order chi connectivity index (χ1) is 11.9. The van der Waals surface area contributed by atoms with Crippen molar-refractivity contribution < 1.29 is 9.90 Å². The Kier molecular flexibility index (Phi) is 9.64. The highest BCUT2D eigenvalue weighted by atomic mass is 127. The molecule has 2 rings (SSSR count). The van der Waals surface area contributed by atoms with Gasteiger partial charge in [0.2, 0.25) is 5.91 Å². The molecule has 6 nitrogen and oxygen atoms in total. The van der Waals surface area contributed by atoms with Crippen molar-refractivity contribution in [1.82, 2.24) is 15.1 Å². The van der Waals surface area contributed by atoms with Crippen molar-refractivity contribution in [1.29, 1.82) is 0 Å². The number of rotatable bonds is 4. The molecule has 1 heterocycles. The molecule has 1 amide bonds. The van der Waals surface area contributed by atoms with Crippen molar-refractivity contribution in [3.05, 3.63) is 0 Å². The van der Waals surface area contributed by atoms with Gasteiger partial charge in [0.15, 0.2) is 5.96 Å². The van der Waals surface area contributed by atoms with Crippen LogP contribution in [-0.2, 0) is 4.79 Å². The number of aliphatic imine (C=N–C) groups is 1. The number of aliphatic hydroxyl groups excluding tert-OH is 1. The molecule has 26 heavy (non-hydrogen) atoms. The number of halogens is 1. The molecule has 2 N–H and O–H groups in total. The van der Waals surface area contributed by atoms with E-state index in [2.05, 4.69) is 24.1 Å². The second-order valence-electron chi connectivity index (χ2n) is 8.05.